The molecule has 1 heterocycles. The lowest BCUT2D eigenvalue weighted by atomic mass is 10.1. The molecule has 0 radical (unpaired) electrons. The molecule has 0 spiro atoms. The Hall–Kier alpha value is -1.07. The van der Waals surface area contributed by atoms with Crippen LogP contribution < -0.4 is 19.5 Å². The Morgan fingerprint density at radius 1 is 1.16 bits per heavy atom. The van der Waals surface area contributed by atoms with Gasteiger partial charge in [-0.3, -0.25) is 0 Å². The van der Waals surface area contributed by atoms with Gasteiger partial charge in [-0.2, -0.15) is 11.8 Å². The van der Waals surface area contributed by atoms with E-state index in [-0.39, 0.29) is 0 Å². The maximum absolute atomic E-state index is 5.47. The van der Waals surface area contributed by atoms with Gasteiger partial charge in [0.15, 0.2) is 11.5 Å². The van der Waals surface area contributed by atoms with Crippen molar-refractivity contribution in [3.63, 3.8) is 0 Å². The number of ether oxygens (including phenoxy) is 3. The Kier molecular flexibility index (Phi) is 5.22. The molecule has 1 aromatic rings. The molecule has 1 aliphatic rings. The summed E-state index contributed by atoms with van der Waals surface area (Å²) in [6.07, 6.45) is 1.24. The summed E-state index contributed by atoms with van der Waals surface area (Å²) in [7, 11) is 4.92. The van der Waals surface area contributed by atoms with Crippen LogP contribution in [-0.4, -0.2) is 38.9 Å². The predicted octanol–water partition coefficient (Wildman–Crippen LogP) is 2.31. The van der Waals surface area contributed by atoms with Crippen molar-refractivity contribution in [1.29, 1.82) is 0 Å². The van der Waals surface area contributed by atoms with Crippen LogP contribution in [0, 0.1) is 0 Å². The van der Waals surface area contributed by atoms with Crippen molar-refractivity contribution in [3.8, 4) is 17.2 Å². The number of methoxy groups -OCH3 is 3. The highest BCUT2D eigenvalue weighted by Crippen LogP contribution is 2.39. The molecule has 1 unspecified atom stereocenters. The van der Waals surface area contributed by atoms with E-state index >= 15 is 0 Å². The van der Waals surface area contributed by atoms with Crippen molar-refractivity contribution < 1.29 is 14.2 Å². The second kappa shape index (κ2) is 6.91. The van der Waals surface area contributed by atoms with Gasteiger partial charge in [0.25, 0.3) is 0 Å². The number of benzene rings is 1. The third-order valence-electron chi connectivity index (χ3n) is 3.30. The topological polar surface area (TPSA) is 39.7 Å². The molecule has 0 saturated carbocycles. The standard InChI is InChI=1S/C14H21NO3S/c1-16-12-5-4-10(13(17-2)14(12)18-3)8-15-11-6-7-19-9-11/h4-5,11,15H,6-9H2,1-3H3. The maximum Gasteiger partial charge on any atom is 0.203 e. The molecule has 4 nitrogen and oxygen atoms in total. The van der Waals surface area contributed by atoms with Gasteiger partial charge in [-0.05, 0) is 18.2 Å². The summed E-state index contributed by atoms with van der Waals surface area (Å²) >= 11 is 2.00. The highest BCUT2D eigenvalue weighted by molar-refractivity contribution is 7.99. The molecule has 1 saturated heterocycles. The lowest BCUT2D eigenvalue weighted by molar-refractivity contribution is 0.321. The fraction of sp³-hybridized carbons (Fsp3) is 0.571. The predicted molar refractivity (Wildman–Crippen MR) is 78.7 cm³/mol. The zero-order valence-corrected chi connectivity index (χ0v) is 12.5. The first-order chi connectivity index (χ1) is 9.30. The second-order valence-corrected chi connectivity index (χ2v) is 5.58. The summed E-state index contributed by atoms with van der Waals surface area (Å²) in [5.74, 6) is 4.54. The lowest BCUT2D eigenvalue weighted by Gasteiger charge is -2.17. The van der Waals surface area contributed by atoms with Gasteiger partial charge < -0.3 is 19.5 Å². The Bertz CT molecular complexity index is 419. The van der Waals surface area contributed by atoms with Crippen molar-refractivity contribution in [2.24, 2.45) is 0 Å². The first-order valence-electron chi connectivity index (χ1n) is 6.39. The van der Waals surface area contributed by atoms with Crippen LogP contribution in [0.2, 0.25) is 0 Å². The van der Waals surface area contributed by atoms with Crippen LogP contribution >= 0.6 is 11.8 Å². The lowest BCUT2D eigenvalue weighted by Crippen LogP contribution is -2.28. The van der Waals surface area contributed by atoms with Crippen LogP contribution in [0.15, 0.2) is 12.1 Å². The summed E-state index contributed by atoms with van der Waals surface area (Å²) < 4.78 is 16.1. The van der Waals surface area contributed by atoms with Gasteiger partial charge in [0, 0.05) is 23.9 Å². The van der Waals surface area contributed by atoms with Crippen molar-refractivity contribution in [3.05, 3.63) is 17.7 Å². The molecule has 2 rings (SSSR count). The smallest absolute Gasteiger partial charge is 0.203 e. The van der Waals surface area contributed by atoms with Crippen LogP contribution in [0.5, 0.6) is 17.2 Å². The summed E-state index contributed by atoms with van der Waals surface area (Å²) in [5.41, 5.74) is 1.09. The minimum Gasteiger partial charge on any atom is -0.493 e. The number of hydrogen-bond donors (Lipinski definition) is 1. The maximum atomic E-state index is 5.47. The molecule has 1 atom stereocenters. The Balaban J connectivity index is 2.14. The molecule has 5 heteroatoms. The van der Waals surface area contributed by atoms with E-state index in [1.165, 1.54) is 17.9 Å². The fourth-order valence-corrected chi connectivity index (χ4v) is 3.44. The molecule has 1 aliphatic heterocycles. The van der Waals surface area contributed by atoms with Crippen LogP contribution in [0.3, 0.4) is 0 Å². The minimum absolute atomic E-state index is 0.600. The molecule has 1 N–H and O–H groups in total. The van der Waals surface area contributed by atoms with E-state index < -0.39 is 0 Å². The number of rotatable bonds is 6. The van der Waals surface area contributed by atoms with Gasteiger partial charge in [0.05, 0.1) is 21.3 Å². The van der Waals surface area contributed by atoms with Crippen LogP contribution in [0.1, 0.15) is 12.0 Å². The molecule has 0 aliphatic carbocycles. The normalized spacial score (nSPS) is 18.4. The van der Waals surface area contributed by atoms with Crippen LogP contribution in [0.4, 0.5) is 0 Å². The third-order valence-corrected chi connectivity index (χ3v) is 4.46. The van der Waals surface area contributed by atoms with E-state index in [1.807, 2.05) is 23.9 Å². The van der Waals surface area contributed by atoms with Crippen molar-refractivity contribution >= 4 is 11.8 Å². The molecular weight excluding hydrogens is 262 g/mol. The average Bonchev–Trinajstić information content (AvgIpc) is 2.96. The van der Waals surface area contributed by atoms with Crippen molar-refractivity contribution in [2.75, 3.05) is 32.8 Å². The molecule has 106 valence electrons. The molecule has 0 bridgehead atoms. The van der Waals surface area contributed by atoms with Gasteiger partial charge in [0.2, 0.25) is 5.75 Å². The molecule has 1 fully saturated rings. The second-order valence-electron chi connectivity index (χ2n) is 4.43. The highest BCUT2D eigenvalue weighted by atomic mass is 32.2. The molecule has 0 aromatic heterocycles. The third kappa shape index (κ3) is 3.28. The zero-order chi connectivity index (χ0) is 13.7. The largest absolute Gasteiger partial charge is 0.493 e. The van der Waals surface area contributed by atoms with Crippen molar-refractivity contribution in [1.82, 2.24) is 5.32 Å². The summed E-state index contributed by atoms with van der Waals surface area (Å²) in [4.78, 5) is 0. The highest BCUT2D eigenvalue weighted by Gasteiger charge is 2.18. The molecule has 1 aromatic carbocycles. The van der Waals surface area contributed by atoms with Crippen molar-refractivity contribution in [2.45, 2.75) is 19.0 Å². The van der Waals surface area contributed by atoms with Crippen LogP contribution in [-0.2, 0) is 6.54 Å². The SMILES string of the molecule is COc1ccc(CNC2CCSC2)c(OC)c1OC. The quantitative estimate of drug-likeness (QED) is 0.867. The Morgan fingerprint density at radius 2 is 1.95 bits per heavy atom. The van der Waals surface area contributed by atoms with Crippen LogP contribution in [0.25, 0.3) is 0 Å². The Labute approximate surface area is 118 Å². The van der Waals surface area contributed by atoms with E-state index in [0.717, 1.165) is 17.9 Å². The molecular formula is C14H21NO3S. The first-order valence-corrected chi connectivity index (χ1v) is 7.54. The summed E-state index contributed by atoms with van der Waals surface area (Å²) in [6.45, 7) is 0.786. The van der Waals surface area contributed by atoms with Gasteiger partial charge in [0.1, 0.15) is 0 Å². The summed E-state index contributed by atoms with van der Waals surface area (Å²) in [6, 6.07) is 4.54. The minimum atomic E-state index is 0.600. The van der Waals surface area contributed by atoms with Gasteiger partial charge in [-0.15, -0.1) is 0 Å². The van der Waals surface area contributed by atoms with E-state index in [9.17, 15) is 0 Å². The fourth-order valence-electron chi connectivity index (χ4n) is 2.25. The summed E-state index contributed by atoms with van der Waals surface area (Å²) in [5, 5.41) is 3.56. The molecule has 0 amide bonds. The average molecular weight is 283 g/mol. The molecule has 19 heavy (non-hydrogen) atoms. The van der Waals surface area contributed by atoms with E-state index in [4.69, 9.17) is 14.2 Å². The van der Waals surface area contributed by atoms with E-state index in [2.05, 4.69) is 5.32 Å². The van der Waals surface area contributed by atoms with Gasteiger partial charge in [-0.1, -0.05) is 6.07 Å². The Morgan fingerprint density at radius 3 is 2.53 bits per heavy atom. The first kappa shape index (κ1) is 14.3. The zero-order valence-electron chi connectivity index (χ0n) is 11.7. The van der Waals surface area contributed by atoms with Gasteiger partial charge >= 0.3 is 0 Å². The van der Waals surface area contributed by atoms with E-state index in [0.29, 0.717) is 17.5 Å². The number of nitrogens with one attached hydrogen (secondary N) is 1. The number of hydrogen-bond acceptors (Lipinski definition) is 5. The number of thioether (sulfide) groups is 1. The van der Waals surface area contributed by atoms with Gasteiger partial charge in [-0.25, -0.2) is 0 Å². The monoisotopic (exact) mass is 283 g/mol. The van der Waals surface area contributed by atoms with E-state index in [1.54, 1.807) is 21.3 Å².